The molecule has 0 aliphatic heterocycles. The Labute approximate surface area is 188 Å². The van der Waals surface area contributed by atoms with Crippen molar-refractivity contribution in [1.29, 1.82) is 5.26 Å². The van der Waals surface area contributed by atoms with Crippen molar-refractivity contribution in [1.82, 2.24) is 4.98 Å². The van der Waals surface area contributed by atoms with Crippen molar-refractivity contribution in [3.05, 3.63) is 49.9 Å². The van der Waals surface area contributed by atoms with E-state index in [1.165, 1.54) is 16.2 Å². The third-order valence-corrected chi connectivity index (χ3v) is 6.96. The fourth-order valence-corrected chi connectivity index (χ4v) is 5.63. The van der Waals surface area contributed by atoms with Crippen LogP contribution < -0.4 is 10.1 Å². The van der Waals surface area contributed by atoms with Gasteiger partial charge in [0, 0.05) is 16.0 Å². The molecule has 1 unspecified atom stereocenters. The number of rotatable bonds is 4. The van der Waals surface area contributed by atoms with E-state index in [0.717, 1.165) is 30.5 Å². The second kappa shape index (κ2) is 8.43. The molecule has 0 radical (unpaired) electrons. The van der Waals surface area contributed by atoms with Crippen LogP contribution in [0.15, 0.2) is 18.2 Å². The number of hydrogen-bond acceptors (Lipinski definition) is 5. The molecular formula is C22H19Cl2N3O2S. The average molecular weight is 460 g/mol. The predicted octanol–water partition coefficient (Wildman–Crippen LogP) is 5.93. The van der Waals surface area contributed by atoms with Gasteiger partial charge in [0.25, 0.3) is 5.91 Å². The zero-order chi connectivity index (χ0) is 21.4. The van der Waals surface area contributed by atoms with Crippen molar-refractivity contribution in [2.75, 3.05) is 11.9 Å². The molecule has 1 N–H and O–H groups in total. The first-order valence-electron chi connectivity index (χ1n) is 9.60. The van der Waals surface area contributed by atoms with E-state index in [0.29, 0.717) is 38.2 Å². The number of carbonyl (C=O) groups is 1. The van der Waals surface area contributed by atoms with Crippen LogP contribution in [-0.4, -0.2) is 17.5 Å². The maximum Gasteiger partial charge on any atom is 0.262 e. The Kier molecular flexibility index (Phi) is 5.88. The monoisotopic (exact) mass is 459 g/mol. The van der Waals surface area contributed by atoms with Crippen LogP contribution in [0.2, 0.25) is 10.0 Å². The Balaban J connectivity index is 1.54. The summed E-state index contributed by atoms with van der Waals surface area (Å²) in [5.41, 5.74) is 2.94. The normalized spacial score (nSPS) is 15.5. The van der Waals surface area contributed by atoms with Crippen LogP contribution in [-0.2, 0) is 17.6 Å². The smallest absolute Gasteiger partial charge is 0.262 e. The zero-order valence-corrected chi connectivity index (χ0v) is 18.8. The van der Waals surface area contributed by atoms with Gasteiger partial charge in [0.1, 0.15) is 16.6 Å². The van der Waals surface area contributed by atoms with E-state index in [4.69, 9.17) is 27.9 Å². The number of benzene rings is 1. The number of ether oxygens (including phenoxy) is 1. The molecule has 0 saturated carbocycles. The Bertz CT molecular complexity index is 1200. The minimum atomic E-state index is -0.357. The number of fused-ring (bicyclic) bond motifs is 2. The molecule has 1 amide bonds. The van der Waals surface area contributed by atoms with Gasteiger partial charge in [-0.05, 0) is 55.9 Å². The van der Waals surface area contributed by atoms with Crippen molar-refractivity contribution >= 4 is 56.3 Å². The number of nitriles is 1. The molecule has 1 atom stereocenters. The van der Waals surface area contributed by atoms with Crippen LogP contribution in [0.1, 0.15) is 35.0 Å². The van der Waals surface area contributed by atoms with Gasteiger partial charge in [-0.15, -0.1) is 11.3 Å². The van der Waals surface area contributed by atoms with E-state index in [1.54, 1.807) is 6.07 Å². The fraction of sp³-hybridized carbons (Fsp3) is 0.318. The molecule has 0 fully saturated rings. The molecule has 154 valence electrons. The number of carbonyl (C=O) groups excluding carboxylic acids is 1. The molecule has 2 aromatic heterocycles. The molecule has 8 heteroatoms. The van der Waals surface area contributed by atoms with E-state index in [2.05, 4.69) is 23.3 Å². The molecule has 0 saturated heterocycles. The number of hydrogen-bond donors (Lipinski definition) is 1. The third kappa shape index (κ3) is 3.98. The number of pyridine rings is 1. The molecular weight excluding hydrogens is 441 g/mol. The highest BCUT2D eigenvalue weighted by Crippen LogP contribution is 2.40. The maximum absolute atomic E-state index is 12.6. The van der Waals surface area contributed by atoms with Gasteiger partial charge < -0.3 is 10.1 Å². The topological polar surface area (TPSA) is 75.0 Å². The Morgan fingerprint density at radius 1 is 1.40 bits per heavy atom. The molecule has 3 aromatic rings. The summed E-state index contributed by atoms with van der Waals surface area (Å²) in [4.78, 5) is 18.2. The standard InChI is InChI=1S/C22H19Cl2N3O2S/c1-11-3-5-13-15(9-25)22(30-18(13)7-11)27-19(28)10-29-21-17(24)8-16(23)14-6-4-12(2)26-20(14)21/h4,6,8,11H,3,5,7,10H2,1-2H3,(H,27,28). The summed E-state index contributed by atoms with van der Waals surface area (Å²) >= 11 is 14.1. The number of amides is 1. The van der Waals surface area contributed by atoms with E-state index < -0.39 is 0 Å². The second-order valence-electron chi connectivity index (χ2n) is 7.52. The van der Waals surface area contributed by atoms with Crippen LogP contribution >= 0.6 is 34.5 Å². The van der Waals surface area contributed by atoms with Crippen molar-refractivity contribution in [2.24, 2.45) is 5.92 Å². The van der Waals surface area contributed by atoms with E-state index >= 15 is 0 Å². The molecule has 0 spiro atoms. The fourth-order valence-electron chi connectivity index (χ4n) is 3.69. The van der Waals surface area contributed by atoms with Crippen molar-refractivity contribution < 1.29 is 9.53 Å². The van der Waals surface area contributed by atoms with Crippen LogP contribution in [0.3, 0.4) is 0 Å². The van der Waals surface area contributed by atoms with Crippen molar-refractivity contribution in [2.45, 2.75) is 33.1 Å². The first kappa shape index (κ1) is 20.9. The summed E-state index contributed by atoms with van der Waals surface area (Å²) in [5.74, 6) is 0.547. The quantitative estimate of drug-likeness (QED) is 0.524. The number of aryl methyl sites for hydroxylation is 1. The van der Waals surface area contributed by atoms with Crippen molar-refractivity contribution in [3.63, 3.8) is 0 Å². The zero-order valence-electron chi connectivity index (χ0n) is 16.5. The summed E-state index contributed by atoms with van der Waals surface area (Å²) in [6.45, 7) is 3.81. The van der Waals surface area contributed by atoms with Gasteiger partial charge in [-0.3, -0.25) is 4.79 Å². The number of nitrogens with zero attached hydrogens (tertiary/aromatic N) is 2. The lowest BCUT2D eigenvalue weighted by molar-refractivity contribution is -0.118. The highest BCUT2D eigenvalue weighted by molar-refractivity contribution is 7.16. The molecule has 1 aliphatic rings. The third-order valence-electron chi connectivity index (χ3n) is 5.20. The molecule has 4 rings (SSSR count). The summed E-state index contributed by atoms with van der Waals surface area (Å²) in [5, 5.41) is 14.5. The first-order valence-corrected chi connectivity index (χ1v) is 11.2. The van der Waals surface area contributed by atoms with E-state index in [1.807, 2.05) is 19.1 Å². The van der Waals surface area contributed by atoms with Gasteiger partial charge in [-0.2, -0.15) is 5.26 Å². The van der Waals surface area contributed by atoms with E-state index in [9.17, 15) is 10.1 Å². The number of aromatic nitrogens is 1. The average Bonchev–Trinajstić information content (AvgIpc) is 3.03. The van der Waals surface area contributed by atoms with Gasteiger partial charge in [0.2, 0.25) is 0 Å². The van der Waals surface area contributed by atoms with Crippen LogP contribution in [0.25, 0.3) is 10.9 Å². The summed E-state index contributed by atoms with van der Waals surface area (Å²) < 4.78 is 5.74. The SMILES string of the molecule is Cc1ccc2c(Cl)cc(Cl)c(OCC(=O)Nc3sc4c(c3C#N)CCC(C)C4)c2n1. The molecule has 1 aromatic carbocycles. The molecule has 0 bridgehead atoms. The summed E-state index contributed by atoms with van der Waals surface area (Å²) in [6.07, 6.45) is 2.88. The number of nitrogens with one attached hydrogen (secondary N) is 1. The van der Waals surface area contributed by atoms with Gasteiger partial charge in [-0.25, -0.2) is 4.98 Å². The second-order valence-corrected chi connectivity index (χ2v) is 9.44. The first-order chi connectivity index (χ1) is 14.4. The summed E-state index contributed by atoms with van der Waals surface area (Å²) in [7, 11) is 0. The lowest BCUT2D eigenvalue weighted by Gasteiger charge is -2.17. The van der Waals surface area contributed by atoms with Gasteiger partial charge >= 0.3 is 0 Å². The minimum absolute atomic E-state index is 0.254. The van der Waals surface area contributed by atoms with Gasteiger partial charge in [0.15, 0.2) is 12.4 Å². The van der Waals surface area contributed by atoms with Crippen LogP contribution in [0.5, 0.6) is 5.75 Å². The number of thiophene rings is 1. The lowest BCUT2D eigenvalue weighted by Crippen LogP contribution is -2.20. The molecule has 5 nitrogen and oxygen atoms in total. The summed E-state index contributed by atoms with van der Waals surface area (Å²) in [6, 6.07) is 7.53. The highest BCUT2D eigenvalue weighted by Gasteiger charge is 2.25. The minimum Gasteiger partial charge on any atom is -0.480 e. The van der Waals surface area contributed by atoms with Crippen LogP contribution in [0, 0.1) is 24.2 Å². The Morgan fingerprint density at radius 3 is 2.97 bits per heavy atom. The molecule has 2 heterocycles. The van der Waals surface area contributed by atoms with Crippen molar-refractivity contribution in [3.8, 4) is 11.8 Å². The van der Waals surface area contributed by atoms with Gasteiger partial charge in [-0.1, -0.05) is 30.1 Å². The Morgan fingerprint density at radius 2 is 2.20 bits per heavy atom. The molecule has 1 aliphatic carbocycles. The van der Waals surface area contributed by atoms with Gasteiger partial charge in [0.05, 0.1) is 15.6 Å². The lowest BCUT2D eigenvalue weighted by atomic mass is 9.89. The number of halogens is 2. The maximum atomic E-state index is 12.6. The highest BCUT2D eigenvalue weighted by atomic mass is 35.5. The number of anilines is 1. The predicted molar refractivity (Wildman–Crippen MR) is 121 cm³/mol. The van der Waals surface area contributed by atoms with Crippen LogP contribution in [0.4, 0.5) is 5.00 Å². The molecule has 30 heavy (non-hydrogen) atoms. The Hall–Kier alpha value is -2.33. The largest absolute Gasteiger partial charge is 0.480 e. The van der Waals surface area contributed by atoms with E-state index in [-0.39, 0.29) is 17.5 Å².